The summed E-state index contributed by atoms with van der Waals surface area (Å²) in [6.45, 7) is 0.688. The van der Waals surface area contributed by atoms with Crippen molar-refractivity contribution in [3.05, 3.63) is 36.2 Å². The summed E-state index contributed by atoms with van der Waals surface area (Å²) in [6, 6.07) is 7.87. The average Bonchev–Trinajstić information content (AvgIpc) is 2.26. The first kappa shape index (κ1) is 9.09. The lowest BCUT2D eigenvalue weighted by atomic mass is 10.2. The van der Waals surface area contributed by atoms with E-state index in [-0.39, 0.29) is 0 Å². The van der Waals surface area contributed by atoms with E-state index in [1.165, 1.54) is 0 Å². The molecule has 2 rings (SSSR count). The Hall–Kier alpha value is -1.48. The molecule has 1 aromatic heterocycles. The molecule has 0 saturated carbocycles. The Morgan fingerprint density at radius 2 is 2.00 bits per heavy atom. The highest BCUT2D eigenvalue weighted by atomic mass is 16.5. The van der Waals surface area contributed by atoms with E-state index in [0.717, 1.165) is 23.1 Å². The van der Waals surface area contributed by atoms with Crippen LogP contribution in [0.5, 0.6) is 0 Å². The number of nitrogens with zero attached hydrogens (tertiary/aromatic N) is 2. The summed E-state index contributed by atoms with van der Waals surface area (Å²) < 4.78 is 4.99. The maximum absolute atomic E-state index is 4.99. The van der Waals surface area contributed by atoms with Crippen LogP contribution in [0.3, 0.4) is 0 Å². The molecule has 14 heavy (non-hydrogen) atoms. The van der Waals surface area contributed by atoms with Gasteiger partial charge in [0, 0.05) is 19.7 Å². The summed E-state index contributed by atoms with van der Waals surface area (Å²) in [4.78, 5) is 8.79. The molecule has 0 aliphatic rings. The third kappa shape index (κ3) is 1.88. The molecule has 2 aromatic rings. The summed E-state index contributed by atoms with van der Waals surface area (Å²) in [7, 11) is 1.69. The molecule has 0 N–H and O–H groups in total. The topological polar surface area (TPSA) is 35.0 Å². The van der Waals surface area contributed by atoms with E-state index in [1.807, 2.05) is 24.3 Å². The van der Waals surface area contributed by atoms with Crippen molar-refractivity contribution in [2.24, 2.45) is 0 Å². The number of benzene rings is 1. The second-order valence-corrected chi connectivity index (χ2v) is 3.09. The summed E-state index contributed by atoms with van der Waals surface area (Å²) in [6.07, 6.45) is 2.62. The van der Waals surface area contributed by atoms with Gasteiger partial charge in [-0.15, -0.1) is 0 Å². The predicted molar refractivity (Wildman–Crippen MR) is 55.1 cm³/mol. The number of rotatable bonds is 3. The van der Waals surface area contributed by atoms with Crippen molar-refractivity contribution >= 4 is 11.0 Å². The van der Waals surface area contributed by atoms with Crippen LogP contribution in [-0.2, 0) is 11.2 Å². The zero-order valence-corrected chi connectivity index (χ0v) is 8.10. The summed E-state index contributed by atoms with van der Waals surface area (Å²) >= 11 is 0. The van der Waals surface area contributed by atoms with Crippen LogP contribution < -0.4 is 0 Å². The molecule has 1 aromatic carbocycles. The molecule has 0 saturated heterocycles. The molecular formula is C11H12N2O. The lowest BCUT2D eigenvalue weighted by Crippen LogP contribution is -1.98. The van der Waals surface area contributed by atoms with E-state index in [1.54, 1.807) is 13.3 Å². The molecule has 0 unspecified atom stereocenters. The van der Waals surface area contributed by atoms with Gasteiger partial charge in [-0.25, -0.2) is 4.98 Å². The van der Waals surface area contributed by atoms with Crippen LogP contribution in [0.1, 0.15) is 5.69 Å². The fourth-order valence-corrected chi connectivity index (χ4v) is 1.32. The zero-order valence-electron chi connectivity index (χ0n) is 8.10. The van der Waals surface area contributed by atoms with Gasteiger partial charge in [-0.05, 0) is 12.1 Å². The van der Waals surface area contributed by atoms with Crippen LogP contribution in [0, 0.1) is 0 Å². The van der Waals surface area contributed by atoms with Crippen LogP contribution >= 0.6 is 0 Å². The van der Waals surface area contributed by atoms with Gasteiger partial charge in [0.15, 0.2) is 0 Å². The van der Waals surface area contributed by atoms with E-state index >= 15 is 0 Å². The van der Waals surface area contributed by atoms with E-state index in [0.29, 0.717) is 6.61 Å². The molecule has 0 fully saturated rings. The van der Waals surface area contributed by atoms with Crippen LogP contribution in [0.4, 0.5) is 0 Å². The van der Waals surface area contributed by atoms with Gasteiger partial charge in [-0.3, -0.25) is 4.98 Å². The minimum absolute atomic E-state index is 0.688. The summed E-state index contributed by atoms with van der Waals surface area (Å²) in [5.74, 6) is 0. The van der Waals surface area contributed by atoms with Gasteiger partial charge in [0.1, 0.15) is 0 Å². The standard InChI is InChI=1S/C11H12N2O/c1-14-7-6-9-8-12-10-4-2-3-5-11(10)13-9/h2-5,8H,6-7H2,1H3. The fourth-order valence-electron chi connectivity index (χ4n) is 1.32. The number of ether oxygens (including phenoxy) is 1. The lowest BCUT2D eigenvalue weighted by Gasteiger charge is -2.00. The molecular weight excluding hydrogens is 176 g/mol. The van der Waals surface area contributed by atoms with Gasteiger partial charge in [0.25, 0.3) is 0 Å². The Morgan fingerprint density at radius 1 is 1.21 bits per heavy atom. The van der Waals surface area contributed by atoms with E-state index in [9.17, 15) is 0 Å². The molecule has 1 heterocycles. The Bertz CT molecular complexity index is 428. The molecule has 3 nitrogen and oxygen atoms in total. The maximum Gasteiger partial charge on any atom is 0.0890 e. The van der Waals surface area contributed by atoms with E-state index in [4.69, 9.17) is 4.74 Å². The first-order valence-corrected chi connectivity index (χ1v) is 4.60. The lowest BCUT2D eigenvalue weighted by molar-refractivity contribution is 0.201. The minimum atomic E-state index is 0.688. The molecule has 0 aliphatic carbocycles. The van der Waals surface area contributed by atoms with Crippen LogP contribution in [-0.4, -0.2) is 23.7 Å². The smallest absolute Gasteiger partial charge is 0.0890 e. The molecule has 0 aliphatic heterocycles. The predicted octanol–water partition coefficient (Wildman–Crippen LogP) is 1.82. The van der Waals surface area contributed by atoms with Gasteiger partial charge in [0.05, 0.1) is 23.3 Å². The fraction of sp³-hybridized carbons (Fsp3) is 0.273. The number of para-hydroxylation sites is 2. The number of hydrogen-bond donors (Lipinski definition) is 0. The van der Waals surface area contributed by atoms with Gasteiger partial charge in [-0.1, -0.05) is 12.1 Å². The van der Waals surface area contributed by atoms with Crippen LogP contribution in [0.2, 0.25) is 0 Å². The van der Waals surface area contributed by atoms with Gasteiger partial charge < -0.3 is 4.74 Å². The second-order valence-electron chi connectivity index (χ2n) is 3.09. The van der Waals surface area contributed by atoms with Crippen molar-refractivity contribution in [2.75, 3.05) is 13.7 Å². The molecule has 0 amide bonds. The Balaban J connectivity index is 2.32. The third-order valence-electron chi connectivity index (χ3n) is 2.06. The zero-order chi connectivity index (χ0) is 9.80. The Morgan fingerprint density at radius 3 is 2.79 bits per heavy atom. The molecule has 72 valence electrons. The highest BCUT2D eigenvalue weighted by Crippen LogP contribution is 2.08. The van der Waals surface area contributed by atoms with Crippen LogP contribution in [0.15, 0.2) is 30.5 Å². The quantitative estimate of drug-likeness (QED) is 0.737. The largest absolute Gasteiger partial charge is 0.384 e. The summed E-state index contributed by atoms with van der Waals surface area (Å²) in [5, 5.41) is 0. The Kier molecular flexibility index (Phi) is 2.70. The first-order valence-electron chi connectivity index (χ1n) is 4.60. The first-order chi connectivity index (χ1) is 6.90. The molecule has 0 radical (unpaired) electrons. The van der Waals surface area contributed by atoms with Gasteiger partial charge >= 0.3 is 0 Å². The SMILES string of the molecule is COCCc1cnc2ccccc2n1. The van der Waals surface area contributed by atoms with Gasteiger partial charge in [-0.2, -0.15) is 0 Å². The molecule has 0 spiro atoms. The van der Waals surface area contributed by atoms with Crippen molar-refractivity contribution in [1.29, 1.82) is 0 Å². The highest BCUT2D eigenvalue weighted by Gasteiger charge is 1.98. The average molecular weight is 188 g/mol. The van der Waals surface area contributed by atoms with Crippen molar-refractivity contribution < 1.29 is 4.74 Å². The minimum Gasteiger partial charge on any atom is -0.384 e. The normalized spacial score (nSPS) is 10.6. The molecule has 0 bridgehead atoms. The number of hydrogen-bond acceptors (Lipinski definition) is 3. The number of methoxy groups -OCH3 is 1. The highest BCUT2D eigenvalue weighted by molar-refractivity contribution is 5.73. The number of fused-ring (bicyclic) bond motifs is 1. The van der Waals surface area contributed by atoms with Crippen molar-refractivity contribution in [3.8, 4) is 0 Å². The number of aromatic nitrogens is 2. The van der Waals surface area contributed by atoms with Crippen LogP contribution in [0.25, 0.3) is 11.0 Å². The molecule has 0 atom stereocenters. The van der Waals surface area contributed by atoms with Crippen molar-refractivity contribution in [3.63, 3.8) is 0 Å². The van der Waals surface area contributed by atoms with E-state index in [2.05, 4.69) is 9.97 Å². The van der Waals surface area contributed by atoms with Crippen molar-refractivity contribution in [1.82, 2.24) is 9.97 Å². The monoisotopic (exact) mass is 188 g/mol. The molecule has 3 heteroatoms. The third-order valence-corrected chi connectivity index (χ3v) is 2.06. The Labute approximate surface area is 82.8 Å². The van der Waals surface area contributed by atoms with Crippen molar-refractivity contribution in [2.45, 2.75) is 6.42 Å². The second kappa shape index (κ2) is 4.15. The maximum atomic E-state index is 4.99. The van der Waals surface area contributed by atoms with Gasteiger partial charge in [0.2, 0.25) is 0 Å². The summed E-state index contributed by atoms with van der Waals surface area (Å²) in [5.41, 5.74) is 2.86. The van der Waals surface area contributed by atoms with E-state index < -0.39 is 0 Å².